The highest BCUT2D eigenvalue weighted by atomic mass is 14.8. The second-order valence-corrected chi connectivity index (χ2v) is 29.3. The smallest absolute Gasteiger partial charge is 0.0972 e. The molecule has 0 aliphatic rings. The summed E-state index contributed by atoms with van der Waals surface area (Å²) in [6.07, 6.45) is 1.85. The fraction of sp³-hybridized carbons (Fsp3) is 0. The van der Waals surface area contributed by atoms with Gasteiger partial charge in [0.05, 0.1) is 84.0 Å². The van der Waals surface area contributed by atoms with Crippen molar-refractivity contribution in [2.24, 2.45) is 0 Å². The molecule has 528 valence electrons. The summed E-state index contributed by atoms with van der Waals surface area (Å²) in [5.41, 5.74) is 26.2. The highest BCUT2D eigenvalue weighted by molar-refractivity contribution is 6.22. The average molecular weight is 1450 g/mol. The maximum absolute atomic E-state index is 5.43. The van der Waals surface area contributed by atoms with Crippen LogP contribution < -0.4 is 0 Å². The lowest BCUT2D eigenvalue weighted by Gasteiger charge is -2.17. The Morgan fingerprint density at radius 2 is 0.491 bits per heavy atom. The van der Waals surface area contributed by atoms with Gasteiger partial charge in [-0.15, -0.1) is 0 Å². The maximum Gasteiger partial charge on any atom is 0.0972 e. The van der Waals surface area contributed by atoms with E-state index in [2.05, 4.69) is 340 Å². The van der Waals surface area contributed by atoms with Crippen LogP contribution in [0.4, 0.5) is 0 Å². The highest BCUT2D eigenvalue weighted by Gasteiger charge is 2.21. The van der Waals surface area contributed by atoms with Gasteiger partial charge in [0.25, 0.3) is 0 Å². The Hall–Kier alpha value is -15.4. The number of benzene rings is 15. The summed E-state index contributed by atoms with van der Waals surface area (Å²) in [6, 6.07) is 135. The van der Waals surface area contributed by atoms with Crippen LogP contribution in [-0.4, -0.2) is 39.9 Å². The molecule has 0 aliphatic carbocycles. The van der Waals surface area contributed by atoms with E-state index in [9.17, 15) is 0 Å². The maximum atomic E-state index is 5.43. The lowest BCUT2D eigenvalue weighted by atomic mass is 9.88. The number of nitrogens with zero attached hydrogens (tertiary/aromatic N) is 8. The van der Waals surface area contributed by atoms with Crippen molar-refractivity contribution in [3.63, 3.8) is 0 Å². The molecule has 0 unspecified atom stereocenters. The van der Waals surface area contributed by atoms with Crippen molar-refractivity contribution >= 4 is 130 Å². The predicted molar refractivity (Wildman–Crippen MR) is 474 cm³/mol. The number of hydrogen-bond donors (Lipinski definition) is 0. The van der Waals surface area contributed by atoms with Gasteiger partial charge >= 0.3 is 0 Å². The monoisotopic (exact) mass is 1450 g/mol. The molecule has 15 aromatic carbocycles. The van der Waals surface area contributed by atoms with E-state index in [4.69, 9.17) is 39.9 Å². The first-order valence-electron chi connectivity index (χ1n) is 38.5. The largest absolute Gasteiger partial charge is 0.254 e. The Balaban J connectivity index is 0.000000141. The molecular weight excluding hydrogens is 1390 g/mol. The van der Waals surface area contributed by atoms with Gasteiger partial charge in [0.2, 0.25) is 0 Å². The van der Waals surface area contributed by atoms with Crippen molar-refractivity contribution < 1.29 is 0 Å². The van der Waals surface area contributed by atoms with Gasteiger partial charge in [-0.05, 0) is 162 Å². The van der Waals surface area contributed by atoms with Crippen molar-refractivity contribution in [3.8, 4) is 101 Å². The van der Waals surface area contributed by atoms with Gasteiger partial charge in [0.1, 0.15) is 0 Å². The number of rotatable bonds is 9. The topological polar surface area (TPSA) is 103 Å². The van der Waals surface area contributed by atoms with Crippen LogP contribution >= 0.6 is 0 Å². The van der Waals surface area contributed by atoms with Gasteiger partial charge in [0, 0.05) is 88.2 Å². The van der Waals surface area contributed by atoms with Crippen molar-refractivity contribution in [1.82, 2.24) is 39.9 Å². The summed E-state index contributed by atoms with van der Waals surface area (Å²) in [5, 5.41) is 18.2. The summed E-state index contributed by atoms with van der Waals surface area (Å²) in [6.45, 7) is 0. The molecule has 23 aromatic rings. The number of fused-ring (bicyclic) bond motifs is 15. The third kappa shape index (κ3) is 11.7. The molecule has 0 amide bonds. The zero-order valence-corrected chi connectivity index (χ0v) is 61.5. The van der Waals surface area contributed by atoms with Gasteiger partial charge < -0.3 is 0 Å². The van der Waals surface area contributed by atoms with Gasteiger partial charge in [-0.1, -0.05) is 285 Å². The molecular formula is C106H64N8. The van der Waals surface area contributed by atoms with Crippen LogP contribution in [0.3, 0.4) is 0 Å². The summed E-state index contributed by atoms with van der Waals surface area (Å²) >= 11 is 0. The van der Waals surface area contributed by atoms with Crippen LogP contribution in [0, 0.1) is 0 Å². The minimum Gasteiger partial charge on any atom is -0.254 e. The zero-order chi connectivity index (χ0) is 75.2. The Labute approximate surface area is 655 Å². The Bertz CT molecular complexity index is 7820. The molecule has 114 heavy (non-hydrogen) atoms. The van der Waals surface area contributed by atoms with Crippen LogP contribution in [0.1, 0.15) is 0 Å². The SMILES string of the molecule is c1ccc(-c2ccc3ccc(-c4ccc5nc(-c6cccc(-c7ccc8ccc9ccc(-c%10ccccc%10)nc9c8n7)c6)ccc5c4)cc3n2)cc1.c1ccc2c(c1)cc(-c1ccc3cc(-c4ccc5ccc(-c6c7ccccc7c(-c7ccc8ccc9cccnc9c8n7)c7ccccc67)nc5c4)ccc3n1)c1ccccc12. The number of aromatic nitrogens is 8. The molecule has 0 N–H and O–H groups in total. The third-order valence-corrected chi connectivity index (χ3v) is 22.5. The van der Waals surface area contributed by atoms with Crippen LogP contribution in [0.5, 0.6) is 0 Å². The minimum absolute atomic E-state index is 0.900. The van der Waals surface area contributed by atoms with Crippen LogP contribution in [-0.2, 0) is 0 Å². The molecule has 8 heteroatoms. The van der Waals surface area contributed by atoms with E-state index in [1.165, 1.54) is 21.5 Å². The van der Waals surface area contributed by atoms with Gasteiger partial charge in [0.15, 0.2) is 0 Å². The van der Waals surface area contributed by atoms with E-state index in [1.54, 1.807) is 0 Å². The van der Waals surface area contributed by atoms with E-state index in [0.717, 1.165) is 210 Å². The average Bonchev–Trinajstić information content (AvgIpc) is 0.727. The summed E-state index contributed by atoms with van der Waals surface area (Å²) < 4.78 is 0. The molecule has 0 atom stereocenters. The van der Waals surface area contributed by atoms with E-state index in [1.807, 2.05) is 48.7 Å². The highest BCUT2D eigenvalue weighted by Crippen LogP contribution is 2.45. The van der Waals surface area contributed by atoms with E-state index >= 15 is 0 Å². The first-order chi connectivity index (χ1) is 56.4. The van der Waals surface area contributed by atoms with Crippen molar-refractivity contribution in [1.29, 1.82) is 0 Å². The quantitative estimate of drug-likeness (QED) is 0.104. The van der Waals surface area contributed by atoms with E-state index in [0.29, 0.717) is 0 Å². The van der Waals surface area contributed by atoms with Crippen molar-refractivity contribution in [2.75, 3.05) is 0 Å². The Morgan fingerprint density at radius 3 is 1.05 bits per heavy atom. The van der Waals surface area contributed by atoms with Crippen molar-refractivity contribution in [3.05, 3.63) is 388 Å². The standard InChI is InChI=1S/C58H34N4.C48H30N4/c1-2-12-42-40(10-1)33-49(44-14-4-3-13-43(42)44)51-28-26-41-32-38(25-27-50(41)60-51)39-22-19-35-23-29-52(61-54(35)34-39)55-45-15-5-7-17-47(45)56(48-18-8-6-16-46(48)55)53-30-24-37-21-20-36-11-9-31-59-57(36)58(37)62-53;1-3-8-31(9-4-1)41-23-18-33-14-17-37(30-46(33)50-41)36-21-26-44-40(28-36)22-27-43(49-44)38-12-7-13-39(29-38)45-25-20-35-16-15-34-19-24-42(32-10-5-2-6-11-32)51-47(34)48(35)52-45/h1-34H;1-30H. The van der Waals surface area contributed by atoms with Gasteiger partial charge in [-0.25, -0.2) is 34.9 Å². The fourth-order valence-corrected chi connectivity index (χ4v) is 16.8. The fourth-order valence-electron chi connectivity index (χ4n) is 16.8. The molecule has 0 radical (unpaired) electrons. The second kappa shape index (κ2) is 27.3. The summed E-state index contributed by atoms with van der Waals surface area (Å²) in [7, 11) is 0. The minimum atomic E-state index is 0.900. The molecule has 8 nitrogen and oxygen atoms in total. The van der Waals surface area contributed by atoms with Crippen LogP contribution in [0.25, 0.3) is 231 Å². The number of hydrogen-bond acceptors (Lipinski definition) is 8. The summed E-state index contributed by atoms with van der Waals surface area (Å²) in [5.74, 6) is 0. The Morgan fingerprint density at radius 1 is 0.149 bits per heavy atom. The Kier molecular flexibility index (Phi) is 15.7. The number of pyridine rings is 8. The molecule has 8 aromatic heterocycles. The van der Waals surface area contributed by atoms with Crippen LogP contribution in [0.15, 0.2) is 388 Å². The molecule has 23 rings (SSSR count). The zero-order valence-electron chi connectivity index (χ0n) is 61.5. The first-order valence-corrected chi connectivity index (χ1v) is 38.5. The molecule has 8 heterocycles. The molecule has 0 aliphatic heterocycles. The van der Waals surface area contributed by atoms with Crippen molar-refractivity contribution in [2.45, 2.75) is 0 Å². The van der Waals surface area contributed by atoms with Gasteiger partial charge in [-0.2, -0.15) is 0 Å². The third-order valence-electron chi connectivity index (χ3n) is 22.5. The van der Waals surface area contributed by atoms with Crippen LogP contribution in [0.2, 0.25) is 0 Å². The lowest BCUT2D eigenvalue weighted by molar-refractivity contribution is 1.36. The molecule has 0 bridgehead atoms. The van der Waals surface area contributed by atoms with E-state index < -0.39 is 0 Å². The molecule has 0 saturated heterocycles. The first kappa shape index (κ1) is 65.7. The second-order valence-electron chi connectivity index (χ2n) is 29.3. The summed E-state index contributed by atoms with van der Waals surface area (Å²) in [4.78, 5) is 41.1. The molecule has 0 saturated carbocycles. The molecule has 0 spiro atoms. The molecule has 0 fully saturated rings. The van der Waals surface area contributed by atoms with E-state index in [-0.39, 0.29) is 0 Å². The normalized spacial score (nSPS) is 11.7. The lowest BCUT2D eigenvalue weighted by Crippen LogP contribution is -1.95. The van der Waals surface area contributed by atoms with Gasteiger partial charge in [-0.3, -0.25) is 4.98 Å². The predicted octanol–water partition coefficient (Wildman–Crippen LogP) is 27.4.